The lowest BCUT2D eigenvalue weighted by molar-refractivity contribution is -0.171. The standard InChI is InChI=1S/C11H21F3O/c1-10(11(12,13)14)8-6-4-2-3-5-7-9-15/h10,15H,2-9H2,1H3. The third kappa shape index (κ3) is 8.73. The summed E-state index contributed by atoms with van der Waals surface area (Å²) in [4.78, 5) is 0. The summed E-state index contributed by atoms with van der Waals surface area (Å²) in [6.45, 7) is 1.46. The number of alkyl halides is 3. The van der Waals surface area contributed by atoms with Crippen LogP contribution < -0.4 is 0 Å². The molecule has 0 saturated carbocycles. The van der Waals surface area contributed by atoms with Crippen molar-refractivity contribution in [2.45, 2.75) is 58.0 Å². The molecular weight excluding hydrogens is 205 g/mol. The number of rotatable bonds is 8. The van der Waals surface area contributed by atoms with Gasteiger partial charge in [-0.2, -0.15) is 13.2 Å². The van der Waals surface area contributed by atoms with E-state index in [-0.39, 0.29) is 13.0 Å². The summed E-state index contributed by atoms with van der Waals surface area (Å²) in [6.07, 6.45) is 1.50. The van der Waals surface area contributed by atoms with Gasteiger partial charge in [0, 0.05) is 6.61 Å². The van der Waals surface area contributed by atoms with Gasteiger partial charge in [0.05, 0.1) is 5.92 Å². The maximum atomic E-state index is 12.1. The molecule has 0 saturated heterocycles. The Labute approximate surface area is 89.7 Å². The summed E-state index contributed by atoms with van der Waals surface area (Å²) in [5.41, 5.74) is 0. The molecule has 0 bridgehead atoms. The van der Waals surface area contributed by atoms with Crippen LogP contribution in [0.2, 0.25) is 0 Å². The lowest BCUT2D eigenvalue weighted by Crippen LogP contribution is -2.19. The molecule has 0 aromatic carbocycles. The molecule has 0 radical (unpaired) electrons. The van der Waals surface area contributed by atoms with E-state index in [0.717, 1.165) is 32.1 Å². The SMILES string of the molecule is CC(CCCCCCCCO)C(F)(F)F. The molecule has 1 N–H and O–H groups in total. The minimum Gasteiger partial charge on any atom is -0.396 e. The molecule has 0 aromatic heterocycles. The van der Waals surface area contributed by atoms with Crippen LogP contribution in [0.25, 0.3) is 0 Å². The number of unbranched alkanes of at least 4 members (excludes halogenated alkanes) is 5. The molecule has 0 aliphatic heterocycles. The third-order valence-electron chi connectivity index (χ3n) is 2.60. The first kappa shape index (κ1) is 14.8. The van der Waals surface area contributed by atoms with E-state index in [4.69, 9.17) is 5.11 Å². The van der Waals surface area contributed by atoms with Gasteiger partial charge in [0.1, 0.15) is 0 Å². The molecule has 0 fully saturated rings. The van der Waals surface area contributed by atoms with Gasteiger partial charge in [-0.15, -0.1) is 0 Å². The van der Waals surface area contributed by atoms with Crippen LogP contribution in [0.1, 0.15) is 51.9 Å². The van der Waals surface area contributed by atoms with Gasteiger partial charge < -0.3 is 5.11 Å². The van der Waals surface area contributed by atoms with Crippen molar-refractivity contribution in [3.8, 4) is 0 Å². The van der Waals surface area contributed by atoms with Crippen LogP contribution in [0, 0.1) is 5.92 Å². The Morgan fingerprint density at radius 2 is 1.40 bits per heavy atom. The van der Waals surface area contributed by atoms with Gasteiger partial charge in [0.2, 0.25) is 0 Å². The zero-order valence-corrected chi connectivity index (χ0v) is 9.32. The summed E-state index contributed by atoms with van der Waals surface area (Å²) in [5.74, 6) is -1.17. The van der Waals surface area contributed by atoms with E-state index < -0.39 is 12.1 Å². The average molecular weight is 226 g/mol. The van der Waals surface area contributed by atoms with Crippen molar-refractivity contribution in [2.75, 3.05) is 6.61 Å². The van der Waals surface area contributed by atoms with Gasteiger partial charge in [0.25, 0.3) is 0 Å². The first-order valence-corrected chi connectivity index (χ1v) is 5.66. The number of halogens is 3. The highest BCUT2D eigenvalue weighted by molar-refractivity contribution is 4.62. The van der Waals surface area contributed by atoms with Gasteiger partial charge in [-0.25, -0.2) is 0 Å². The molecular formula is C11H21F3O. The monoisotopic (exact) mass is 226 g/mol. The molecule has 0 aliphatic rings. The predicted octanol–water partition coefficient (Wildman–Crippen LogP) is 3.91. The van der Waals surface area contributed by atoms with Crippen LogP contribution in [-0.4, -0.2) is 17.9 Å². The predicted molar refractivity (Wildman–Crippen MR) is 54.6 cm³/mol. The molecule has 92 valence electrons. The van der Waals surface area contributed by atoms with Gasteiger partial charge in [0.15, 0.2) is 0 Å². The Balaban J connectivity index is 3.24. The minimum atomic E-state index is -4.03. The fourth-order valence-electron chi connectivity index (χ4n) is 1.43. The quantitative estimate of drug-likeness (QED) is 0.622. The lowest BCUT2D eigenvalue weighted by Gasteiger charge is -2.14. The Morgan fingerprint density at radius 3 is 1.87 bits per heavy atom. The largest absolute Gasteiger partial charge is 0.396 e. The highest BCUT2D eigenvalue weighted by Crippen LogP contribution is 2.29. The van der Waals surface area contributed by atoms with Crippen LogP contribution in [0.3, 0.4) is 0 Å². The first-order chi connectivity index (χ1) is 6.98. The second-order valence-electron chi connectivity index (χ2n) is 4.08. The van der Waals surface area contributed by atoms with Gasteiger partial charge in [-0.3, -0.25) is 0 Å². The molecule has 1 atom stereocenters. The minimum absolute atomic E-state index is 0.213. The van der Waals surface area contributed by atoms with Crippen LogP contribution >= 0.6 is 0 Å². The smallest absolute Gasteiger partial charge is 0.391 e. The molecule has 4 heteroatoms. The molecule has 0 heterocycles. The maximum Gasteiger partial charge on any atom is 0.391 e. The zero-order valence-electron chi connectivity index (χ0n) is 9.32. The fourth-order valence-corrected chi connectivity index (χ4v) is 1.43. The van der Waals surface area contributed by atoms with E-state index in [1.807, 2.05) is 0 Å². The van der Waals surface area contributed by atoms with E-state index in [2.05, 4.69) is 0 Å². The van der Waals surface area contributed by atoms with Crippen LogP contribution in [0.15, 0.2) is 0 Å². The second-order valence-corrected chi connectivity index (χ2v) is 4.08. The zero-order chi connectivity index (χ0) is 11.7. The maximum absolute atomic E-state index is 12.1. The first-order valence-electron chi connectivity index (χ1n) is 5.66. The van der Waals surface area contributed by atoms with Crippen molar-refractivity contribution >= 4 is 0 Å². The second kappa shape index (κ2) is 7.97. The normalized spacial score (nSPS) is 14.2. The van der Waals surface area contributed by atoms with Crippen molar-refractivity contribution in [3.63, 3.8) is 0 Å². The molecule has 0 rings (SSSR count). The molecule has 0 aromatic rings. The van der Waals surface area contributed by atoms with E-state index in [9.17, 15) is 13.2 Å². The lowest BCUT2D eigenvalue weighted by atomic mass is 10.0. The van der Waals surface area contributed by atoms with Crippen LogP contribution in [0.5, 0.6) is 0 Å². The van der Waals surface area contributed by atoms with Crippen molar-refractivity contribution in [1.82, 2.24) is 0 Å². The summed E-state index contributed by atoms with van der Waals surface area (Å²) < 4.78 is 36.3. The van der Waals surface area contributed by atoms with E-state index >= 15 is 0 Å². The van der Waals surface area contributed by atoms with E-state index in [1.165, 1.54) is 6.92 Å². The molecule has 1 nitrogen and oxygen atoms in total. The summed E-state index contributed by atoms with van der Waals surface area (Å²) in [5, 5.41) is 8.51. The number of aliphatic hydroxyl groups excluding tert-OH is 1. The van der Waals surface area contributed by atoms with E-state index in [0.29, 0.717) is 6.42 Å². The molecule has 15 heavy (non-hydrogen) atoms. The summed E-state index contributed by atoms with van der Waals surface area (Å²) in [7, 11) is 0. The van der Waals surface area contributed by atoms with Gasteiger partial charge >= 0.3 is 6.18 Å². The highest BCUT2D eigenvalue weighted by Gasteiger charge is 2.34. The summed E-state index contributed by atoms with van der Waals surface area (Å²) in [6, 6.07) is 0. The molecule has 0 amide bonds. The molecule has 0 spiro atoms. The van der Waals surface area contributed by atoms with E-state index in [1.54, 1.807) is 0 Å². The Kier molecular flexibility index (Phi) is 7.83. The van der Waals surface area contributed by atoms with Crippen LogP contribution in [-0.2, 0) is 0 Å². The number of aliphatic hydroxyl groups is 1. The topological polar surface area (TPSA) is 20.2 Å². The van der Waals surface area contributed by atoms with Crippen molar-refractivity contribution < 1.29 is 18.3 Å². The average Bonchev–Trinajstić information content (AvgIpc) is 2.14. The van der Waals surface area contributed by atoms with Gasteiger partial charge in [-0.05, 0) is 12.8 Å². The van der Waals surface area contributed by atoms with Crippen molar-refractivity contribution in [1.29, 1.82) is 0 Å². The highest BCUT2D eigenvalue weighted by atomic mass is 19.4. The Bertz CT molecular complexity index is 145. The fraction of sp³-hybridized carbons (Fsp3) is 1.00. The Morgan fingerprint density at radius 1 is 0.933 bits per heavy atom. The third-order valence-corrected chi connectivity index (χ3v) is 2.60. The summed E-state index contributed by atoms with van der Waals surface area (Å²) >= 11 is 0. The number of hydrogen-bond donors (Lipinski definition) is 1. The molecule has 0 aliphatic carbocycles. The van der Waals surface area contributed by atoms with Crippen molar-refractivity contribution in [3.05, 3.63) is 0 Å². The number of hydrogen-bond acceptors (Lipinski definition) is 1. The van der Waals surface area contributed by atoms with Crippen molar-refractivity contribution in [2.24, 2.45) is 5.92 Å². The van der Waals surface area contributed by atoms with Crippen LogP contribution in [0.4, 0.5) is 13.2 Å². The molecule has 1 unspecified atom stereocenters. The Hall–Kier alpha value is -0.250. The van der Waals surface area contributed by atoms with Gasteiger partial charge in [-0.1, -0.05) is 39.0 Å².